The highest BCUT2D eigenvalue weighted by molar-refractivity contribution is 5.91. The lowest BCUT2D eigenvalue weighted by Crippen LogP contribution is -2.53. The minimum Gasteiger partial charge on any atom is -0.392 e. The summed E-state index contributed by atoms with van der Waals surface area (Å²) in [5.41, 5.74) is 1.34. The monoisotopic (exact) mass is 330 g/mol. The molecule has 24 heavy (non-hydrogen) atoms. The predicted molar refractivity (Wildman–Crippen MR) is 92.3 cm³/mol. The van der Waals surface area contributed by atoms with Crippen LogP contribution in [0.4, 0.5) is 0 Å². The summed E-state index contributed by atoms with van der Waals surface area (Å²) in [5.74, 6) is 2.63. The molecule has 0 amide bonds. The lowest BCUT2D eigenvalue weighted by molar-refractivity contribution is -0.133. The van der Waals surface area contributed by atoms with Gasteiger partial charge in [-0.2, -0.15) is 0 Å². The van der Waals surface area contributed by atoms with Crippen molar-refractivity contribution >= 4 is 11.6 Å². The average molecular weight is 330 g/mol. The maximum Gasteiger partial charge on any atom is 0.155 e. The number of aliphatic hydroxyl groups is 1. The van der Waals surface area contributed by atoms with E-state index in [1.165, 1.54) is 5.57 Å². The van der Waals surface area contributed by atoms with Crippen LogP contribution in [0.3, 0.4) is 0 Å². The Morgan fingerprint density at radius 2 is 2.08 bits per heavy atom. The molecule has 7 atom stereocenters. The Morgan fingerprint density at radius 3 is 2.79 bits per heavy atom. The number of aliphatic hydroxyl groups excluding tert-OH is 1. The molecule has 0 aliphatic heterocycles. The number of hydrogen-bond donors (Lipinski definition) is 1. The number of carbonyl (C=O) groups is 2. The maximum atomic E-state index is 12.3. The third-order valence-corrected chi connectivity index (χ3v) is 8.18. The van der Waals surface area contributed by atoms with Crippen LogP contribution in [0.1, 0.15) is 65.2 Å². The number of hydrogen-bond acceptors (Lipinski definition) is 3. The van der Waals surface area contributed by atoms with Gasteiger partial charge in [-0.15, -0.1) is 0 Å². The molecular formula is C21H30O3. The molecular weight excluding hydrogens is 300 g/mol. The second-order valence-corrected chi connectivity index (χ2v) is 8.82. The van der Waals surface area contributed by atoms with Gasteiger partial charge in [0.15, 0.2) is 5.78 Å². The Hall–Kier alpha value is -0.960. The van der Waals surface area contributed by atoms with Gasteiger partial charge in [0.25, 0.3) is 0 Å². The zero-order valence-corrected chi connectivity index (χ0v) is 15.0. The zero-order chi connectivity index (χ0) is 17.1. The van der Waals surface area contributed by atoms with Gasteiger partial charge in [-0.25, -0.2) is 0 Å². The van der Waals surface area contributed by atoms with E-state index >= 15 is 0 Å². The summed E-state index contributed by atoms with van der Waals surface area (Å²) in [4.78, 5) is 24.0. The molecule has 0 unspecified atom stereocenters. The highest BCUT2D eigenvalue weighted by Crippen LogP contribution is 2.65. The van der Waals surface area contributed by atoms with Crippen molar-refractivity contribution in [1.29, 1.82) is 0 Å². The van der Waals surface area contributed by atoms with E-state index in [0.717, 1.165) is 38.5 Å². The quantitative estimate of drug-likeness (QED) is 0.840. The summed E-state index contributed by atoms with van der Waals surface area (Å²) in [6, 6.07) is 0. The van der Waals surface area contributed by atoms with Crippen LogP contribution < -0.4 is 0 Å². The Balaban J connectivity index is 1.69. The number of Topliss-reactive ketones (excluding diaryl/α,β-unsaturated/α-hetero) is 1. The molecule has 0 heterocycles. The molecule has 4 aliphatic rings. The Labute approximate surface area is 144 Å². The van der Waals surface area contributed by atoms with Gasteiger partial charge >= 0.3 is 0 Å². The van der Waals surface area contributed by atoms with Gasteiger partial charge in [-0.1, -0.05) is 12.5 Å². The molecule has 4 rings (SSSR count). The van der Waals surface area contributed by atoms with Gasteiger partial charge in [0.2, 0.25) is 0 Å². The van der Waals surface area contributed by atoms with E-state index in [-0.39, 0.29) is 23.2 Å². The lowest BCUT2D eigenvalue weighted by Gasteiger charge is -2.56. The van der Waals surface area contributed by atoms with Crippen LogP contribution in [-0.2, 0) is 9.59 Å². The van der Waals surface area contributed by atoms with E-state index in [1.807, 2.05) is 6.08 Å². The van der Waals surface area contributed by atoms with Crippen molar-refractivity contribution in [2.75, 3.05) is 0 Å². The third kappa shape index (κ3) is 2.20. The number of ketones is 2. The van der Waals surface area contributed by atoms with Gasteiger partial charge in [0.1, 0.15) is 5.78 Å². The van der Waals surface area contributed by atoms with Crippen LogP contribution in [-0.4, -0.2) is 22.8 Å². The first-order valence-electron chi connectivity index (χ1n) is 9.89. The Kier molecular flexibility index (Phi) is 3.98. The van der Waals surface area contributed by atoms with Crippen LogP contribution >= 0.6 is 0 Å². The van der Waals surface area contributed by atoms with E-state index in [0.29, 0.717) is 42.3 Å². The highest BCUT2D eigenvalue weighted by atomic mass is 16.3. The molecule has 3 saturated carbocycles. The molecule has 0 aromatic carbocycles. The Bertz CT molecular complexity index is 592. The largest absolute Gasteiger partial charge is 0.392 e. The van der Waals surface area contributed by atoms with E-state index < -0.39 is 0 Å². The van der Waals surface area contributed by atoms with Gasteiger partial charge in [-0.05, 0) is 87.0 Å². The number of fused-ring (bicyclic) bond motifs is 5. The summed E-state index contributed by atoms with van der Waals surface area (Å²) in [6.07, 6.45) is 9.25. The summed E-state index contributed by atoms with van der Waals surface area (Å²) >= 11 is 0. The van der Waals surface area contributed by atoms with Crippen molar-refractivity contribution in [3.63, 3.8) is 0 Å². The van der Waals surface area contributed by atoms with E-state index in [1.54, 1.807) is 6.92 Å². The molecule has 0 radical (unpaired) electrons. The summed E-state index contributed by atoms with van der Waals surface area (Å²) < 4.78 is 0. The third-order valence-electron chi connectivity index (χ3n) is 8.18. The molecule has 4 aliphatic carbocycles. The summed E-state index contributed by atoms with van der Waals surface area (Å²) in [6.45, 7) is 4.01. The highest BCUT2D eigenvalue weighted by Gasteiger charge is 2.60. The minimum absolute atomic E-state index is 0.125. The van der Waals surface area contributed by atoms with Crippen molar-refractivity contribution in [2.24, 2.45) is 35.0 Å². The normalized spacial score (nSPS) is 47.5. The summed E-state index contributed by atoms with van der Waals surface area (Å²) in [5, 5.41) is 11.0. The number of rotatable bonds is 2. The molecule has 132 valence electrons. The molecule has 3 nitrogen and oxygen atoms in total. The van der Waals surface area contributed by atoms with Gasteiger partial charge in [0, 0.05) is 12.3 Å². The molecule has 0 aromatic heterocycles. The van der Waals surface area contributed by atoms with E-state index in [4.69, 9.17) is 0 Å². The molecule has 3 heteroatoms. The topological polar surface area (TPSA) is 54.4 Å². The zero-order valence-electron chi connectivity index (χ0n) is 15.0. The maximum absolute atomic E-state index is 12.3. The summed E-state index contributed by atoms with van der Waals surface area (Å²) in [7, 11) is 0. The second-order valence-electron chi connectivity index (χ2n) is 8.82. The SMILES string of the molecule is CC[C@]12CC[C@H]3[C@@H]([C@H](O)CC4=CC(=O)CC[C@@H]43)[C@@H]1CC[C@@H]2C(C)=O. The van der Waals surface area contributed by atoms with Gasteiger partial charge < -0.3 is 5.11 Å². The van der Waals surface area contributed by atoms with Crippen molar-refractivity contribution in [3.05, 3.63) is 11.6 Å². The molecule has 0 bridgehead atoms. The number of carbonyl (C=O) groups excluding carboxylic acids is 2. The fraction of sp³-hybridized carbons (Fsp3) is 0.810. The van der Waals surface area contributed by atoms with Crippen molar-refractivity contribution in [1.82, 2.24) is 0 Å². The predicted octanol–water partition coefficient (Wildman–Crippen LogP) is 3.69. The fourth-order valence-electron chi connectivity index (χ4n) is 7.30. The van der Waals surface area contributed by atoms with Crippen molar-refractivity contribution < 1.29 is 14.7 Å². The minimum atomic E-state index is -0.328. The van der Waals surface area contributed by atoms with Crippen LogP contribution in [0.5, 0.6) is 0 Å². The van der Waals surface area contributed by atoms with Crippen LogP contribution in [0.25, 0.3) is 0 Å². The first kappa shape index (κ1) is 16.5. The standard InChI is InChI=1S/C21H30O3/c1-3-21-9-8-16-15-5-4-14(23)10-13(15)11-19(24)20(16)18(21)7-6-17(21)12(2)22/h10,15-20,24H,3-9,11H2,1-2H3/t15-,16+,17+,18-,19+,20+,21+/m0/s1. The molecule has 0 spiro atoms. The van der Waals surface area contributed by atoms with Crippen LogP contribution in [0.2, 0.25) is 0 Å². The van der Waals surface area contributed by atoms with Gasteiger partial charge in [-0.3, -0.25) is 9.59 Å². The van der Waals surface area contributed by atoms with Crippen LogP contribution in [0.15, 0.2) is 11.6 Å². The molecule has 0 saturated heterocycles. The van der Waals surface area contributed by atoms with Gasteiger partial charge in [0.05, 0.1) is 6.10 Å². The van der Waals surface area contributed by atoms with Crippen molar-refractivity contribution in [2.45, 2.75) is 71.3 Å². The van der Waals surface area contributed by atoms with E-state index in [9.17, 15) is 14.7 Å². The molecule has 0 aromatic rings. The lowest BCUT2D eigenvalue weighted by atomic mass is 9.49. The average Bonchev–Trinajstić information content (AvgIpc) is 2.94. The van der Waals surface area contributed by atoms with E-state index in [2.05, 4.69) is 6.92 Å². The second kappa shape index (κ2) is 5.79. The molecule has 3 fully saturated rings. The molecule has 1 N–H and O–H groups in total. The first-order valence-corrected chi connectivity index (χ1v) is 9.89. The van der Waals surface area contributed by atoms with Crippen molar-refractivity contribution in [3.8, 4) is 0 Å². The first-order chi connectivity index (χ1) is 11.5. The Morgan fingerprint density at radius 1 is 1.29 bits per heavy atom. The van der Waals surface area contributed by atoms with Crippen LogP contribution in [0, 0.1) is 35.0 Å². The fourth-order valence-corrected chi connectivity index (χ4v) is 7.30. The smallest absolute Gasteiger partial charge is 0.155 e.